The van der Waals surface area contributed by atoms with Crippen LogP contribution >= 0.6 is 0 Å². The summed E-state index contributed by atoms with van der Waals surface area (Å²) in [6.45, 7) is 1.04. The fraction of sp³-hybridized carbons (Fsp3) is 0.143. The van der Waals surface area contributed by atoms with Gasteiger partial charge in [-0.05, 0) is 31.2 Å². The van der Waals surface area contributed by atoms with Crippen LogP contribution in [0.5, 0.6) is 5.75 Å². The van der Waals surface area contributed by atoms with E-state index < -0.39 is 10.8 Å². The first-order valence-corrected chi connectivity index (χ1v) is 6.23. The summed E-state index contributed by atoms with van der Waals surface area (Å²) in [6, 6.07) is 6.92. The van der Waals surface area contributed by atoms with Crippen molar-refractivity contribution < 1.29 is 23.7 Å². The third-order valence-corrected chi connectivity index (χ3v) is 2.59. The minimum absolute atomic E-state index is 0.0452. The molecule has 1 heterocycles. The molecule has 0 unspecified atom stereocenters. The van der Waals surface area contributed by atoms with Gasteiger partial charge in [-0.1, -0.05) is 0 Å². The highest BCUT2D eigenvalue weighted by molar-refractivity contribution is 6.02. The van der Waals surface area contributed by atoms with Gasteiger partial charge in [0, 0.05) is 11.8 Å². The fourth-order valence-corrected chi connectivity index (χ4v) is 1.64. The molecule has 22 heavy (non-hydrogen) atoms. The van der Waals surface area contributed by atoms with E-state index in [1.54, 1.807) is 6.07 Å². The minimum Gasteiger partial charge on any atom is -0.479 e. The number of furan rings is 1. The molecule has 8 nitrogen and oxygen atoms in total. The Hall–Kier alpha value is -3.16. The molecule has 2 aromatic rings. The number of nitro benzene ring substituents is 1. The first-order chi connectivity index (χ1) is 10.5. The number of nitro groups is 1. The fourth-order valence-electron chi connectivity index (χ4n) is 1.64. The Balaban J connectivity index is 2.20. The van der Waals surface area contributed by atoms with Crippen LogP contribution in [0.2, 0.25) is 0 Å². The second-order valence-electron chi connectivity index (χ2n) is 4.36. The normalized spacial score (nSPS) is 10.0. The van der Waals surface area contributed by atoms with Crippen LogP contribution in [0.1, 0.15) is 17.5 Å². The number of rotatable bonds is 6. The number of ether oxygens (including phenoxy) is 1. The molecular formula is C14H12N2O6. The van der Waals surface area contributed by atoms with E-state index in [2.05, 4.69) is 5.32 Å². The molecule has 0 spiro atoms. The minimum atomic E-state index is -0.655. The van der Waals surface area contributed by atoms with Gasteiger partial charge in [0.15, 0.2) is 17.3 Å². The quantitative estimate of drug-likeness (QED) is 0.648. The Morgan fingerprint density at radius 3 is 2.73 bits per heavy atom. The molecule has 0 atom stereocenters. The highest BCUT2D eigenvalue weighted by Crippen LogP contribution is 2.30. The van der Waals surface area contributed by atoms with E-state index in [1.165, 1.54) is 31.4 Å². The van der Waals surface area contributed by atoms with E-state index in [9.17, 15) is 19.7 Å². The Bertz CT molecular complexity index is 708. The smallest absolute Gasteiger partial charge is 0.313 e. The number of Topliss-reactive ketones (excluding diaryl/α,β-unsaturated/α-hetero) is 1. The van der Waals surface area contributed by atoms with E-state index in [4.69, 9.17) is 9.15 Å². The molecule has 114 valence electrons. The maximum Gasteiger partial charge on any atom is 0.313 e. The Kier molecular flexibility index (Phi) is 4.52. The molecular weight excluding hydrogens is 292 g/mol. The SMILES string of the molecule is CC(=O)COc1ccc(NC(=O)c2ccco2)cc1[N+](=O)[O-]. The molecule has 0 aliphatic rings. The number of anilines is 1. The first-order valence-electron chi connectivity index (χ1n) is 6.23. The van der Waals surface area contributed by atoms with E-state index in [-0.39, 0.29) is 35.3 Å². The number of carbonyl (C=O) groups excluding carboxylic acids is 2. The predicted octanol–water partition coefficient (Wildman–Crippen LogP) is 2.41. The summed E-state index contributed by atoms with van der Waals surface area (Å²) in [5.41, 5.74) is -0.137. The topological polar surface area (TPSA) is 112 Å². The molecule has 0 aliphatic heterocycles. The molecule has 0 radical (unpaired) electrons. The maximum atomic E-state index is 11.8. The lowest BCUT2D eigenvalue weighted by atomic mass is 10.2. The number of benzene rings is 1. The number of ketones is 1. The zero-order valence-electron chi connectivity index (χ0n) is 11.6. The number of nitrogens with zero attached hydrogens (tertiary/aromatic N) is 1. The van der Waals surface area contributed by atoms with Gasteiger partial charge in [0.2, 0.25) is 0 Å². The molecule has 8 heteroatoms. The number of amides is 1. The third kappa shape index (κ3) is 3.69. The van der Waals surface area contributed by atoms with Crippen molar-refractivity contribution in [1.29, 1.82) is 0 Å². The molecule has 2 rings (SSSR count). The molecule has 1 amide bonds. The van der Waals surface area contributed by atoms with Gasteiger partial charge >= 0.3 is 5.69 Å². The van der Waals surface area contributed by atoms with Crippen molar-refractivity contribution in [2.24, 2.45) is 0 Å². The van der Waals surface area contributed by atoms with E-state index in [0.29, 0.717) is 0 Å². The van der Waals surface area contributed by atoms with Crippen molar-refractivity contribution in [2.75, 3.05) is 11.9 Å². The zero-order valence-corrected chi connectivity index (χ0v) is 11.6. The Morgan fingerprint density at radius 1 is 1.36 bits per heavy atom. The summed E-state index contributed by atoms with van der Waals surface area (Å²) in [6.07, 6.45) is 1.34. The van der Waals surface area contributed by atoms with Crippen molar-refractivity contribution in [3.05, 3.63) is 52.5 Å². The predicted molar refractivity (Wildman–Crippen MR) is 75.9 cm³/mol. The van der Waals surface area contributed by atoms with Gasteiger partial charge < -0.3 is 14.5 Å². The van der Waals surface area contributed by atoms with Crippen LogP contribution in [0.3, 0.4) is 0 Å². The van der Waals surface area contributed by atoms with Gasteiger partial charge in [0.05, 0.1) is 11.2 Å². The molecule has 1 N–H and O–H groups in total. The van der Waals surface area contributed by atoms with Crippen LogP contribution in [-0.2, 0) is 4.79 Å². The van der Waals surface area contributed by atoms with Gasteiger partial charge in [-0.15, -0.1) is 0 Å². The Morgan fingerprint density at radius 2 is 2.14 bits per heavy atom. The van der Waals surface area contributed by atoms with Crippen molar-refractivity contribution in [2.45, 2.75) is 6.92 Å². The first kappa shape index (κ1) is 15.2. The lowest BCUT2D eigenvalue weighted by molar-refractivity contribution is -0.385. The van der Waals surface area contributed by atoms with Crippen molar-refractivity contribution >= 4 is 23.1 Å². The number of nitrogens with one attached hydrogen (secondary N) is 1. The molecule has 0 saturated carbocycles. The lowest BCUT2D eigenvalue weighted by Crippen LogP contribution is -2.12. The van der Waals surface area contributed by atoms with Gasteiger partial charge in [0.25, 0.3) is 5.91 Å². The summed E-state index contributed by atoms with van der Waals surface area (Å²) in [4.78, 5) is 33.1. The third-order valence-electron chi connectivity index (χ3n) is 2.59. The van der Waals surface area contributed by atoms with E-state index in [1.807, 2.05) is 0 Å². The molecule has 1 aromatic heterocycles. The Labute approximate surface area is 124 Å². The van der Waals surface area contributed by atoms with Gasteiger partial charge in [-0.2, -0.15) is 0 Å². The van der Waals surface area contributed by atoms with Crippen molar-refractivity contribution in [1.82, 2.24) is 0 Å². The number of carbonyl (C=O) groups is 2. The molecule has 1 aromatic carbocycles. The highest BCUT2D eigenvalue weighted by atomic mass is 16.6. The van der Waals surface area contributed by atoms with Crippen molar-refractivity contribution in [3.8, 4) is 5.75 Å². The molecule has 0 fully saturated rings. The second-order valence-corrected chi connectivity index (χ2v) is 4.36. The largest absolute Gasteiger partial charge is 0.479 e. The highest BCUT2D eigenvalue weighted by Gasteiger charge is 2.18. The zero-order chi connectivity index (χ0) is 16.1. The van der Waals surface area contributed by atoms with Crippen LogP contribution in [0.4, 0.5) is 11.4 Å². The lowest BCUT2D eigenvalue weighted by Gasteiger charge is -2.07. The summed E-state index contributed by atoms with van der Waals surface area (Å²) in [5.74, 6) is -0.753. The number of hydrogen-bond acceptors (Lipinski definition) is 6. The van der Waals surface area contributed by atoms with Crippen LogP contribution in [0.15, 0.2) is 41.0 Å². The molecule has 0 bridgehead atoms. The summed E-state index contributed by atoms with van der Waals surface area (Å²) in [7, 11) is 0. The summed E-state index contributed by atoms with van der Waals surface area (Å²) in [5, 5.41) is 13.5. The average molecular weight is 304 g/mol. The maximum absolute atomic E-state index is 11.8. The molecule has 0 saturated heterocycles. The van der Waals surface area contributed by atoms with E-state index >= 15 is 0 Å². The van der Waals surface area contributed by atoms with Crippen LogP contribution < -0.4 is 10.1 Å². The summed E-state index contributed by atoms with van der Waals surface area (Å²) < 4.78 is 10.00. The molecule has 0 aliphatic carbocycles. The summed E-state index contributed by atoms with van der Waals surface area (Å²) >= 11 is 0. The van der Waals surface area contributed by atoms with Gasteiger partial charge in [-0.3, -0.25) is 19.7 Å². The van der Waals surface area contributed by atoms with Crippen LogP contribution in [-0.4, -0.2) is 23.2 Å². The van der Waals surface area contributed by atoms with Gasteiger partial charge in [0.1, 0.15) is 6.61 Å². The second kappa shape index (κ2) is 6.53. The monoisotopic (exact) mass is 304 g/mol. The standard InChI is InChI=1S/C14H12N2O6/c1-9(17)8-22-12-5-4-10(7-11(12)16(19)20)15-14(18)13-3-2-6-21-13/h2-7H,8H2,1H3,(H,15,18). The average Bonchev–Trinajstić information content (AvgIpc) is 2.99. The van der Waals surface area contributed by atoms with Crippen LogP contribution in [0.25, 0.3) is 0 Å². The van der Waals surface area contributed by atoms with E-state index in [0.717, 1.165) is 6.07 Å². The van der Waals surface area contributed by atoms with Crippen LogP contribution in [0, 0.1) is 10.1 Å². The van der Waals surface area contributed by atoms with Crippen molar-refractivity contribution in [3.63, 3.8) is 0 Å². The van der Waals surface area contributed by atoms with Gasteiger partial charge in [-0.25, -0.2) is 0 Å². The number of hydrogen-bond donors (Lipinski definition) is 1.